The number of hydrogen-bond donors (Lipinski definition) is 1. The van der Waals surface area contributed by atoms with Gasteiger partial charge in [-0.15, -0.1) is 0 Å². The summed E-state index contributed by atoms with van der Waals surface area (Å²) in [7, 11) is 0. The summed E-state index contributed by atoms with van der Waals surface area (Å²) in [4.78, 5) is 13.5. The van der Waals surface area contributed by atoms with E-state index in [2.05, 4.69) is 30.9 Å². The van der Waals surface area contributed by atoms with Crippen LogP contribution in [0.25, 0.3) is 0 Å². The first kappa shape index (κ1) is 17.7. The second-order valence-electron chi connectivity index (χ2n) is 5.78. The third kappa shape index (κ3) is 6.30. The van der Waals surface area contributed by atoms with Gasteiger partial charge < -0.3 is 5.11 Å². The van der Waals surface area contributed by atoms with E-state index in [0.29, 0.717) is 0 Å². The van der Waals surface area contributed by atoms with Crippen LogP contribution in [0, 0.1) is 0 Å². The predicted octanol–water partition coefficient (Wildman–Crippen LogP) is 4.28. The molecular formula is C18H29NO2. The van der Waals surface area contributed by atoms with Gasteiger partial charge in [0.05, 0.1) is 5.92 Å². The van der Waals surface area contributed by atoms with Crippen LogP contribution in [0.1, 0.15) is 63.5 Å². The van der Waals surface area contributed by atoms with Gasteiger partial charge in [0, 0.05) is 6.54 Å². The van der Waals surface area contributed by atoms with Crippen LogP contribution in [0.4, 0.5) is 0 Å². The lowest BCUT2D eigenvalue weighted by Crippen LogP contribution is -2.25. The first-order chi connectivity index (χ1) is 10.1. The Bertz CT molecular complexity index is 406. The maximum absolute atomic E-state index is 11.0. The molecule has 0 saturated heterocycles. The molecular weight excluding hydrogens is 262 g/mol. The molecule has 0 fully saturated rings. The number of unbranched alkanes of at least 4 members (excludes halogenated alkanes) is 2. The molecule has 118 valence electrons. The topological polar surface area (TPSA) is 40.5 Å². The summed E-state index contributed by atoms with van der Waals surface area (Å²) in [6.07, 6.45) is 4.91. The molecule has 0 aliphatic carbocycles. The number of nitrogens with zero attached hydrogens (tertiary/aromatic N) is 1. The molecule has 1 aromatic carbocycles. The van der Waals surface area contributed by atoms with E-state index in [1.807, 2.05) is 12.1 Å². The van der Waals surface area contributed by atoms with Crippen LogP contribution < -0.4 is 0 Å². The van der Waals surface area contributed by atoms with Crippen LogP contribution in [0.15, 0.2) is 24.3 Å². The quantitative estimate of drug-likeness (QED) is 0.699. The molecule has 1 unspecified atom stereocenters. The fourth-order valence-corrected chi connectivity index (χ4v) is 2.35. The van der Waals surface area contributed by atoms with Gasteiger partial charge in [0.25, 0.3) is 0 Å². The highest BCUT2D eigenvalue weighted by molar-refractivity contribution is 5.75. The van der Waals surface area contributed by atoms with Gasteiger partial charge in [0.1, 0.15) is 0 Å². The lowest BCUT2D eigenvalue weighted by atomic mass is 10.00. The van der Waals surface area contributed by atoms with Crippen LogP contribution in [-0.4, -0.2) is 29.1 Å². The first-order valence-electron chi connectivity index (χ1n) is 8.12. The molecule has 1 atom stereocenters. The molecule has 0 amide bonds. The van der Waals surface area contributed by atoms with Crippen LogP contribution in [-0.2, 0) is 11.3 Å². The Morgan fingerprint density at radius 3 is 2.05 bits per heavy atom. The molecule has 3 heteroatoms. The number of hydrogen-bond acceptors (Lipinski definition) is 2. The van der Waals surface area contributed by atoms with E-state index < -0.39 is 11.9 Å². The Labute approximate surface area is 129 Å². The van der Waals surface area contributed by atoms with Crippen molar-refractivity contribution in [2.24, 2.45) is 0 Å². The van der Waals surface area contributed by atoms with E-state index >= 15 is 0 Å². The van der Waals surface area contributed by atoms with E-state index in [4.69, 9.17) is 5.11 Å². The summed E-state index contributed by atoms with van der Waals surface area (Å²) < 4.78 is 0. The standard InChI is InChI=1S/C18H29NO2/c1-4-6-12-19(13-7-5-2)14-16-8-10-17(11-9-16)15(3)18(20)21/h8-11,15H,4-7,12-14H2,1-3H3,(H,20,21). The van der Waals surface area contributed by atoms with Crippen molar-refractivity contribution in [3.63, 3.8) is 0 Å². The lowest BCUT2D eigenvalue weighted by Gasteiger charge is -2.22. The zero-order valence-electron chi connectivity index (χ0n) is 13.6. The smallest absolute Gasteiger partial charge is 0.310 e. The normalized spacial score (nSPS) is 12.6. The number of carboxylic acids is 1. The fourth-order valence-electron chi connectivity index (χ4n) is 2.35. The molecule has 1 N–H and O–H groups in total. The molecule has 0 spiro atoms. The van der Waals surface area contributed by atoms with Gasteiger partial charge in [-0.2, -0.15) is 0 Å². The number of carbonyl (C=O) groups is 1. The van der Waals surface area contributed by atoms with Crippen molar-refractivity contribution in [1.82, 2.24) is 4.90 Å². The van der Waals surface area contributed by atoms with Gasteiger partial charge in [-0.1, -0.05) is 51.0 Å². The van der Waals surface area contributed by atoms with E-state index in [0.717, 1.165) is 25.2 Å². The second kappa shape index (κ2) is 9.56. The van der Waals surface area contributed by atoms with E-state index in [1.54, 1.807) is 6.92 Å². The van der Waals surface area contributed by atoms with Crippen molar-refractivity contribution in [2.45, 2.75) is 58.9 Å². The Kier molecular flexibility index (Phi) is 8.06. The minimum atomic E-state index is -0.768. The largest absolute Gasteiger partial charge is 0.481 e. The average Bonchev–Trinajstić information content (AvgIpc) is 2.49. The van der Waals surface area contributed by atoms with Crippen molar-refractivity contribution in [3.8, 4) is 0 Å². The minimum Gasteiger partial charge on any atom is -0.481 e. The number of benzene rings is 1. The maximum Gasteiger partial charge on any atom is 0.310 e. The molecule has 0 radical (unpaired) electrons. The van der Waals surface area contributed by atoms with Gasteiger partial charge in [-0.25, -0.2) is 0 Å². The molecule has 0 saturated carbocycles. The molecule has 21 heavy (non-hydrogen) atoms. The van der Waals surface area contributed by atoms with Crippen molar-refractivity contribution in [1.29, 1.82) is 0 Å². The summed E-state index contributed by atoms with van der Waals surface area (Å²) in [5.74, 6) is -1.20. The number of aliphatic carboxylic acids is 1. The molecule has 1 aromatic rings. The third-order valence-corrected chi connectivity index (χ3v) is 3.91. The Balaban J connectivity index is 2.63. The molecule has 3 nitrogen and oxygen atoms in total. The highest BCUT2D eigenvalue weighted by Gasteiger charge is 2.13. The second-order valence-corrected chi connectivity index (χ2v) is 5.78. The van der Waals surface area contributed by atoms with Crippen molar-refractivity contribution < 1.29 is 9.90 Å². The summed E-state index contributed by atoms with van der Waals surface area (Å²) in [6, 6.07) is 8.04. The Hall–Kier alpha value is -1.35. The highest BCUT2D eigenvalue weighted by Crippen LogP contribution is 2.17. The monoisotopic (exact) mass is 291 g/mol. The molecule has 0 heterocycles. The van der Waals surface area contributed by atoms with Crippen LogP contribution in [0.3, 0.4) is 0 Å². The highest BCUT2D eigenvalue weighted by atomic mass is 16.4. The van der Waals surface area contributed by atoms with Gasteiger partial charge in [-0.3, -0.25) is 9.69 Å². The van der Waals surface area contributed by atoms with Crippen LogP contribution in [0.5, 0.6) is 0 Å². The summed E-state index contributed by atoms with van der Waals surface area (Å²) in [5, 5.41) is 9.04. The molecule has 0 aliphatic rings. The van der Waals surface area contributed by atoms with E-state index in [1.165, 1.54) is 31.2 Å². The van der Waals surface area contributed by atoms with Crippen LogP contribution in [0.2, 0.25) is 0 Å². The number of carboxylic acid groups (broad SMARTS) is 1. The van der Waals surface area contributed by atoms with E-state index in [9.17, 15) is 4.79 Å². The molecule has 0 bridgehead atoms. The van der Waals surface area contributed by atoms with Gasteiger partial charge in [0.15, 0.2) is 0 Å². The molecule has 0 aromatic heterocycles. The molecule has 0 aliphatic heterocycles. The third-order valence-electron chi connectivity index (χ3n) is 3.91. The average molecular weight is 291 g/mol. The van der Waals surface area contributed by atoms with Crippen molar-refractivity contribution in [3.05, 3.63) is 35.4 Å². The SMILES string of the molecule is CCCCN(CCCC)Cc1ccc(C(C)C(=O)O)cc1. The summed E-state index contributed by atoms with van der Waals surface area (Å²) in [5.41, 5.74) is 2.14. The van der Waals surface area contributed by atoms with Crippen molar-refractivity contribution >= 4 is 5.97 Å². The van der Waals surface area contributed by atoms with E-state index in [-0.39, 0.29) is 0 Å². The Morgan fingerprint density at radius 2 is 1.62 bits per heavy atom. The van der Waals surface area contributed by atoms with Gasteiger partial charge >= 0.3 is 5.97 Å². The maximum atomic E-state index is 11.0. The summed E-state index contributed by atoms with van der Waals surface area (Å²) in [6.45, 7) is 9.42. The predicted molar refractivity (Wildman–Crippen MR) is 87.6 cm³/mol. The summed E-state index contributed by atoms with van der Waals surface area (Å²) >= 11 is 0. The van der Waals surface area contributed by atoms with Gasteiger partial charge in [0.2, 0.25) is 0 Å². The zero-order chi connectivity index (χ0) is 15.7. The van der Waals surface area contributed by atoms with Crippen LogP contribution >= 0.6 is 0 Å². The van der Waals surface area contributed by atoms with Gasteiger partial charge in [-0.05, 0) is 44.0 Å². The fraction of sp³-hybridized carbons (Fsp3) is 0.611. The lowest BCUT2D eigenvalue weighted by molar-refractivity contribution is -0.138. The first-order valence-corrected chi connectivity index (χ1v) is 8.12. The van der Waals surface area contributed by atoms with Crippen molar-refractivity contribution in [2.75, 3.05) is 13.1 Å². The molecule has 1 rings (SSSR count). The zero-order valence-corrected chi connectivity index (χ0v) is 13.6. The Morgan fingerprint density at radius 1 is 1.10 bits per heavy atom. The number of rotatable bonds is 10. The minimum absolute atomic E-state index is 0.435.